The molecule has 0 aromatic carbocycles. The summed E-state index contributed by atoms with van der Waals surface area (Å²) in [5.41, 5.74) is -0.577. The van der Waals surface area contributed by atoms with Crippen LogP contribution in [0.3, 0.4) is 0 Å². The molecule has 3 N–H and O–H groups in total. The number of carboxylic acid groups (broad SMARTS) is 1. The van der Waals surface area contributed by atoms with Crippen LogP contribution in [0.5, 0.6) is 0 Å². The van der Waals surface area contributed by atoms with Crippen LogP contribution in [0.25, 0.3) is 0 Å². The van der Waals surface area contributed by atoms with Crippen LogP contribution in [-0.2, 0) is 11.3 Å². The van der Waals surface area contributed by atoms with Crippen molar-refractivity contribution < 1.29 is 19.8 Å². The van der Waals surface area contributed by atoms with Gasteiger partial charge in [0.15, 0.2) is 0 Å². The van der Waals surface area contributed by atoms with Crippen molar-refractivity contribution in [1.82, 2.24) is 14.7 Å². The number of urea groups is 1. The third kappa shape index (κ3) is 5.27. The Morgan fingerprint density at radius 3 is 2.65 bits per heavy atom. The Morgan fingerprint density at radius 1 is 1.50 bits per heavy atom. The number of amides is 2. The van der Waals surface area contributed by atoms with E-state index in [0.717, 1.165) is 0 Å². The smallest absolute Gasteiger partial charge is 0.325 e. The molecule has 1 rings (SSSR count). The number of rotatable bonds is 6. The monoisotopic (exact) mass is 284 g/mol. The second-order valence-electron chi connectivity index (χ2n) is 5.08. The molecule has 0 bridgehead atoms. The minimum atomic E-state index is -1.01. The predicted molar refractivity (Wildman–Crippen MR) is 72.4 cm³/mol. The van der Waals surface area contributed by atoms with E-state index in [4.69, 9.17) is 5.11 Å². The van der Waals surface area contributed by atoms with Gasteiger partial charge in [-0.05, 0) is 20.8 Å². The summed E-state index contributed by atoms with van der Waals surface area (Å²) in [6.07, 6.45) is 2.81. The molecule has 0 fully saturated rings. The molecule has 1 aromatic rings. The Balaban J connectivity index is 2.64. The molecule has 0 aliphatic rings. The fraction of sp³-hybridized carbons (Fsp3) is 0.583. The average molecular weight is 284 g/mol. The Labute approximate surface area is 117 Å². The van der Waals surface area contributed by atoms with Gasteiger partial charge in [0.05, 0.1) is 24.0 Å². The van der Waals surface area contributed by atoms with E-state index in [1.54, 1.807) is 20.8 Å². The van der Waals surface area contributed by atoms with Gasteiger partial charge in [-0.1, -0.05) is 0 Å². The van der Waals surface area contributed by atoms with Crippen LogP contribution in [0, 0.1) is 0 Å². The molecule has 0 aliphatic heterocycles. The van der Waals surface area contributed by atoms with Crippen LogP contribution in [0.1, 0.15) is 20.8 Å². The molecule has 20 heavy (non-hydrogen) atoms. The third-order valence-corrected chi connectivity index (χ3v) is 2.43. The van der Waals surface area contributed by atoms with Crippen LogP contribution < -0.4 is 5.32 Å². The number of aromatic nitrogens is 2. The van der Waals surface area contributed by atoms with E-state index in [1.165, 1.54) is 22.0 Å². The number of carbonyl (C=O) groups excluding carboxylic acids is 1. The molecule has 8 heteroatoms. The lowest BCUT2D eigenvalue weighted by atomic mass is 10.1. The molecule has 1 aromatic heterocycles. The summed E-state index contributed by atoms with van der Waals surface area (Å²) in [5.74, 6) is -1.01. The normalized spacial score (nSPS) is 11.2. The van der Waals surface area contributed by atoms with Gasteiger partial charge in [-0.15, -0.1) is 0 Å². The predicted octanol–water partition coefficient (Wildman–Crippen LogP) is 0.592. The summed E-state index contributed by atoms with van der Waals surface area (Å²) in [6, 6.07) is -0.371. The maximum atomic E-state index is 12.0. The van der Waals surface area contributed by atoms with Crippen LogP contribution in [0.4, 0.5) is 10.5 Å². The first-order valence-electron chi connectivity index (χ1n) is 6.24. The molecule has 1 heterocycles. The summed E-state index contributed by atoms with van der Waals surface area (Å²) in [6.45, 7) is 5.41. The van der Waals surface area contributed by atoms with E-state index < -0.39 is 11.6 Å². The van der Waals surface area contributed by atoms with Gasteiger partial charge in [0, 0.05) is 12.7 Å². The molecule has 8 nitrogen and oxygen atoms in total. The van der Waals surface area contributed by atoms with Crippen molar-refractivity contribution in [2.24, 2.45) is 0 Å². The first-order valence-corrected chi connectivity index (χ1v) is 6.24. The molecular formula is C12H20N4O4. The molecule has 0 saturated heterocycles. The number of hydrogen-bond donors (Lipinski definition) is 3. The zero-order valence-corrected chi connectivity index (χ0v) is 11.8. The SMILES string of the molecule is CCN(CC(C)(C)O)C(=O)Nc1cnn(CC(=O)O)c1. The third-order valence-electron chi connectivity index (χ3n) is 2.43. The van der Waals surface area contributed by atoms with E-state index in [0.29, 0.717) is 12.2 Å². The minimum absolute atomic E-state index is 0.193. The van der Waals surface area contributed by atoms with Crippen molar-refractivity contribution in [3.63, 3.8) is 0 Å². The number of carbonyl (C=O) groups is 2. The van der Waals surface area contributed by atoms with E-state index in [-0.39, 0.29) is 19.1 Å². The first kappa shape index (κ1) is 16.0. The molecule has 0 radical (unpaired) electrons. The Bertz CT molecular complexity index is 478. The van der Waals surface area contributed by atoms with Crippen molar-refractivity contribution in [1.29, 1.82) is 0 Å². The molecule has 112 valence electrons. The van der Waals surface area contributed by atoms with E-state index in [9.17, 15) is 14.7 Å². The quantitative estimate of drug-likeness (QED) is 0.708. The largest absolute Gasteiger partial charge is 0.480 e. The number of hydrogen-bond acceptors (Lipinski definition) is 4. The summed E-state index contributed by atoms with van der Waals surface area (Å²) in [5, 5.41) is 24.8. The Kier molecular flexibility index (Phi) is 5.09. The molecule has 0 saturated carbocycles. The standard InChI is InChI=1S/C12H20N4O4/c1-4-15(8-12(2,3)20)11(19)14-9-5-13-16(6-9)7-10(17)18/h5-6,20H,4,7-8H2,1-3H3,(H,14,19)(H,17,18). The van der Waals surface area contributed by atoms with E-state index in [2.05, 4.69) is 10.4 Å². The van der Waals surface area contributed by atoms with Crippen LogP contribution in [-0.4, -0.2) is 55.6 Å². The zero-order valence-electron chi connectivity index (χ0n) is 11.8. The molecule has 0 spiro atoms. The Morgan fingerprint density at radius 2 is 2.15 bits per heavy atom. The second-order valence-corrected chi connectivity index (χ2v) is 5.08. The topological polar surface area (TPSA) is 108 Å². The fourth-order valence-electron chi connectivity index (χ4n) is 1.65. The summed E-state index contributed by atoms with van der Waals surface area (Å²) in [4.78, 5) is 24.0. The maximum absolute atomic E-state index is 12.0. The van der Waals surface area contributed by atoms with E-state index in [1.807, 2.05) is 0 Å². The van der Waals surface area contributed by atoms with Gasteiger partial charge in [0.25, 0.3) is 0 Å². The highest BCUT2D eigenvalue weighted by Crippen LogP contribution is 2.09. The molecule has 0 unspecified atom stereocenters. The maximum Gasteiger partial charge on any atom is 0.325 e. The van der Waals surface area contributed by atoms with Gasteiger partial charge in [-0.3, -0.25) is 9.48 Å². The van der Waals surface area contributed by atoms with Gasteiger partial charge in [0.2, 0.25) is 0 Å². The summed E-state index contributed by atoms with van der Waals surface area (Å²) >= 11 is 0. The van der Waals surface area contributed by atoms with E-state index >= 15 is 0 Å². The van der Waals surface area contributed by atoms with Gasteiger partial charge >= 0.3 is 12.0 Å². The Hall–Kier alpha value is -2.09. The highest BCUT2D eigenvalue weighted by atomic mass is 16.4. The number of aliphatic hydroxyl groups is 1. The number of anilines is 1. The minimum Gasteiger partial charge on any atom is -0.480 e. The number of aliphatic carboxylic acids is 1. The molecule has 0 aliphatic carbocycles. The van der Waals surface area contributed by atoms with Crippen molar-refractivity contribution >= 4 is 17.7 Å². The van der Waals surface area contributed by atoms with Gasteiger partial charge in [0.1, 0.15) is 6.54 Å². The van der Waals surface area contributed by atoms with Crippen molar-refractivity contribution in [3.05, 3.63) is 12.4 Å². The second kappa shape index (κ2) is 6.38. The molecule has 2 amide bonds. The fourth-order valence-corrected chi connectivity index (χ4v) is 1.65. The highest BCUT2D eigenvalue weighted by Gasteiger charge is 2.21. The number of nitrogens with one attached hydrogen (secondary N) is 1. The van der Waals surface area contributed by atoms with Gasteiger partial charge < -0.3 is 20.4 Å². The zero-order chi connectivity index (χ0) is 15.3. The summed E-state index contributed by atoms with van der Waals surface area (Å²) in [7, 11) is 0. The van der Waals surface area contributed by atoms with Crippen LogP contribution in [0.2, 0.25) is 0 Å². The summed E-state index contributed by atoms with van der Waals surface area (Å²) < 4.78 is 1.21. The lowest BCUT2D eigenvalue weighted by Gasteiger charge is -2.27. The number of likely N-dealkylation sites (N-methyl/N-ethyl adjacent to an activating group) is 1. The molecular weight excluding hydrogens is 264 g/mol. The van der Waals surface area contributed by atoms with Crippen molar-refractivity contribution in [3.8, 4) is 0 Å². The highest BCUT2D eigenvalue weighted by molar-refractivity contribution is 5.89. The van der Waals surface area contributed by atoms with Crippen molar-refractivity contribution in [2.45, 2.75) is 32.9 Å². The number of nitrogens with zero attached hydrogens (tertiary/aromatic N) is 3. The van der Waals surface area contributed by atoms with Crippen LogP contribution >= 0.6 is 0 Å². The average Bonchev–Trinajstić information content (AvgIpc) is 2.71. The lowest BCUT2D eigenvalue weighted by Crippen LogP contribution is -2.44. The molecule has 0 atom stereocenters. The number of carboxylic acids is 1. The first-order chi connectivity index (χ1) is 9.21. The van der Waals surface area contributed by atoms with Crippen LogP contribution in [0.15, 0.2) is 12.4 Å². The van der Waals surface area contributed by atoms with Crippen molar-refractivity contribution in [2.75, 3.05) is 18.4 Å². The lowest BCUT2D eigenvalue weighted by molar-refractivity contribution is -0.137. The van der Waals surface area contributed by atoms with Gasteiger partial charge in [-0.2, -0.15) is 5.10 Å². The van der Waals surface area contributed by atoms with Gasteiger partial charge in [-0.25, -0.2) is 4.79 Å².